The molecule has 0 saturated heterocycles. The van der Waals surface area contributed by atoms with Crippen molar-refractivity contribution in [3.63, 3.8) is 0 Å². The van der Waals surface area contributed by atoms with Gasteiger partial charge in [0.25, 0.3) is 0 Å². The minimum absolute atomic E-state index is 0. The molecule has 0 spiro atoms. The average Bonchev–Trinajstić information content (AvgIpc) is 2.65. The zero-order chi connectivity index (χ0) is 17.9. The summed E-state index contributed by atoms with van der Waals surface area (Å²) in [5, 5.41) is 0. The number of benzene rings is 2. The van der Waals surface area contributed by atoms with Gasteiger partial charge in [-0.2, -0.15) is 0 Å². The molecule has 1 aliphatic rings. The van der Waals surface area contributed by atoms with E-state index in [4.69, 9.17) is 4.74 Å². The lowest BCUT2D eigenvalue weighted by Gasteiger charge is -2.36. The van der Waals surface area contributed by atoms with Crippen molar-refractivity contribution in [2.24, 2.45) is 0 Å². The van der Waals surface area contributed by atoms with Crippen molar-refractivity contribution in [2.75, 3.05) is 26.2 Å². The molecular weight excluding hydrogens is 346 g/mol. The van der Waals surface area contributed by atoms with Crippen LogP contribution in [0.2, 0.25) is 0 Å². The number of fused-ring (bicyclic) bond motifs is 2. The summed E-state index contributed by atoms with van der Waals surface area (Å²) in [6, 6.07) is 16.5. The Labute approximate surface area is 162 Å². The number of halogens is 1. The molecule has 0 aliphatic heterocycles. The van der Waals surface area contributed by atoms with E-state index in [9.17, 15) is 4.79 Å². The van der Waals surface area contributed by atoms with Crippen molar-refractivity contribution in [3.8, 4) is 0 Å². The monoisotopic (exact) mass is 373 g/mol. The highest BCUT2D eigenvalue weighted by molar-refractivity contribution is 5.89. The summed E-state index contributed by atoms with van der Waals surface area (Å²) in [7, 11) is 0. The van der Waals surface area contributed by atoms with Crippen LogP contribution in [0.4, 0.5) is 0 Å². The van der Waals surface area contributed by atoms with Crippen LogP contribution in [0, 0.1) is 0 Å². The van der Waals surface area contributed by atoms with Crippen molar-refractivity contribution in [2.45, 2.75) is 32.6 Å². The summed E-state index contributed by atoms with van der Waals surface area (Å²) in [6.45, 7) is 9.77. The van der Waals surface area contributed by atoms with E-state index in [1.54, 1.807) is 0 Å². The molecule has 4 heteroatoms. The van der Waals surface area contributed by atoms with Crippen LogP contribution in [-0.2, 0) is 21.4 Å². The second kappa shape index (κ2) is 8.70. The highest BCUT2D eigenvalue weighted by Crippen LogP contribution is 2.42. The van der Waals surface area contributed by atoms with Gasteiger partial charge in [-0.3, -0.25) is 4.79 Å². The lowest BCUT2D eigenvalue weighted by atomic mass is 9.68. The third-order valence-corrected chi connectivity index (χ3v) is 5.59. The number of carbonyl (C=O) groups excluding carboxylic acids is 1. The molecule has 0 unspecified atom stereocenters. The van der Waals surface area contributed by atoms with Gasteiger partial charge >= 0.3 is 5.97 Å². The molecule has 0 fully saturated rings. The first-order valence-corrected chi connectivity index (χ1v) is 9.28. The largest absolute Gasteiger partial charge is 1.00 e. The van der Waals surface area contributed by atoms with Gasteiger partial charge in [0.2, 0.25) is 0 Å². The Morgan fingerprint density at radius 3 is 2.00 bits per heavy atom. The van der Waals surface area contributed by atoms with E-state index in [-0.39, 0.29) is 18.4 Å². The predicted molar refractivity (Wildman–Crippen MR) is 100 cm³/mol. The highest BCUT2D eigenvalue weighted by atomic mass is 35.5. The second-order valence-electron chi connectivity index (χ2n) is 6.96. The Kier molecular flexibility index (Phi) is 6.85. The van der Waals surface area contributed by atoms with Crippen molar-refractivity contribution < 1.29 is 26.8 Å². The van der Waals surface area contributed by atoms with E-state index in [0.717, 1.165) is 37.2 Å². The van der Waals surface area contributed by atoms with Crippen LogP contribution in [0.25, 0.3) is 0 Å². The fraction of sp³-hybridized carbons (Fsp3) is 0.409. The Morgan fingerprint density at radius 2 is 1.50 bits per heavy atom. The van der Waals surface area contributed by atoms with Crippen LogP contribution in [0.5, 0.6) is 0 Å². The summed E-state index contributed by atoms with van der Waals surface area (Å²) >= 11 is 0. The molecule has 0 radical (unpaired) electrons. The smallest absolute Gasteiger partial charge is 0.321 e. The SMILES string of the molecule is CC[NH+](CC)CCOC(=O)C1(C)c2ccccc2Cc2ccccc21.[Cl-]. The van der Waals surface area contributed by atoms with Gasteiger partial charge in [0.15, 0.2) is 0 Å². The average molecular weight is 374 g/mol. The molecule has 2 aromatic carbocycles. The van der Waals surface area contributed by atoms with E-state index in [1.165, 1.54) is 16.0 Å². The fourth-order valence-corrected chi connectivity index (χ4v) is 3.93. The molecule has 26 heavy (non-hydrogen) atoms. The number of likely N-dealkylation sites (N-methyl/N-ethyl adjacent to an activating group) is 1. The molecule has 140 valence electrons. The number of hydrogen-bond acceptors (Lipinski definition) is 2. The molecule has 2 aromatic rings. The fourth-order valence-electron chi connectivity index (χ4n) is 3.93. The van der Waals surface area contributed by atoms with Gasteiger partial charge < -0.3 is 22.0 Å². The van der Waals surface area contributed by atoms with E-state index < -0.39 is 5.41 Å². The number of nitrogens with one attached hydrogen (secondary N) is 1. The molecule has 0 heterocycles. The topological polar surface area (TPSA) is 30.7 Å². The summed E-state index contributed by atoms with van der Waals surface area (Å²) in [5.74, 6) is -0.140. The van der Waals surface area contributed by atoms with Crippen LogP contribution < -0.4 is 17.3 Å². The second-order valence-corrected chi connectivity index (χ2v) is 6.96. The molecule has 3 rings (SSSR count). The van der Waals surface area contributed by atoms with Crippen molar-refractivity contribution in [1.82, 2.24) is 0 Å². The van der Waals surface area contributed by atoms with Gasteiger partial charge in [-0.1, -0.05) is 48.5 Å². The van der Waals surface area contributed by atoms with Gasteiger partial charge in [0, 0.05) is 0 Å². The molecule has 0 aromatic heterocycles. The zero-order valence-electron chi connectivity index (χ0n) is 15.8. The first-order chi connectivity index (χ1) is 12.1. The predicted octanol–water partition coefficient (Wildman–Crippen LogP) is -0.631. The molecule has 0 amide bonds. The van der Waals surface area contributed by atoms with E-state index in [2.05, 4.69) is 38.1 Å². The van der Waals surface area contributed by atoms with E-state index in [1.807, 2.05) is 31.2 Å². The Hall–Kier alpha value is -1.84. The Morgan fingerprint density at radius 1 is 1.00 bits per heavy atom. The lowest BCUT2D eigenvalue weighted by Crippen LogP contribution is -3.11. The summed E-state index contributed by atoms with van der Waals surface area (Å²) in [4.78, 5) is 14.6. The summed E-state index contributed by atoms with van der Waals surface area (Å²) in [6.07, 6.45) is 0.874. The quantitative estimate of drug-likeness (QED) is 0.683. The molecule has 0 atom stereocenters. The van der Waals surface area contributed by atoms with E-state index in [0.29, 0.717) is 6.61 Å². The zero-order valence-corrected chi connectivity index (χ0v) is 16.6. The van der Waals surface area contributed by atoms with Gasteiger partial charge in [-0.15, -0.1) is 0 Å². The Balaban J connectivity index is 0.00000243. The van der Waals surface area contributed by atoms with Crippen LogP contribution in [0.3, 0.4) is 0 Å². The Bertz CT molecular complexity index is 710. The maximum Gasteiger partial charge on any atom is 0.321 e. The molecule has 3 nitrogen and oxygen atoms in total. The minimum atomic E-state index is -0.732. The van der Waals surface area contributed by atoms with Gasteiger partial charge in [0.1, 0.15) is 18.6 Å². The molecule has 1 aliphatic carbocycles. The van der Waals surface area contributed by atoms with Crippen LogP contribution in [0.1, 0.15) is 43.0 Å². The summed E-state index contributed by atoms with van der Waals surface area (Å²) < 4.78 is 5.77. The molecular formula is C22H28ClNO2. The molecule has 0 bridgehead atoms. The molecule has 0 saturated carbocycles. The minimum Gasteiger partial charge on any atom is -1.00 e. The van der Waals surface area contributed by atoms with E-state index >= 15 is 0 Å². The van der Waals surface area contributed by atoms with Crippen LogP contribution in [-0.4, -0.2) is 32.2 Å². The number of hydrogen-bond donors (Lipinski definition) is 1. The third-order valence-electron chi connectivity index (χ3n) is 5.59. The van der Waals surface area contributed by atoms with Crippen LogP contribution >= 0.6 is 0 Å². The van der Waals surface area contributed by atoms with Crippen LogP contribution in [0.15, 0.2) is 48.5 Å². The van der Waals surface area contributed by atoms with Gasteiger partial charge in [-0.25, -0.2) is 0 Å². The van der Waals surface area contributed by atoms with Crippen molar-refractivity contribution >= 4 is 5.97 Å². The maximum absolute atomic E-state index is 13.2. The normalized spacial score (nSPS) is 14.2. The summed E-state index contributed by atoms with van der Waals surface area (Å²) in [5.41, 5.74) is 3.86. The maximum atomic E-state index is 13.2. The first-order valence-electron chi connectivity index (χ1n) is 9.28. The third kappa shape index (κ3) is 3.65. The standard InChI is InChI=1S/C22H27NO2.ClH/c1-4-23(5-2)14-15-25-21(24)22(3)19-12-8-6-10-17(19)16-18-11-7-9-13-20(18)22;/h6-13H,4-5,14-16H2,1-3H3;1H. The number of carbonyl (C=O) groups is 1. The number of ether oxygens (including phenoxy) is 1. The number of esters is 1. The van der Waals surface area contributed by atoms with Crippen molar-refractivity contribution in [3.05, 3.63) is 70.8 Å². The van der Waals surface area contributed by atoms with Crippen molar-refractivity contribution in [1.29, 1.82) is 0 Å². The number of quaternary nitrogens is 1. The molecule has 1 N–H and O–H groups in total. The van der Waals surface area contributed by atoms with Gasteiger partial charge in [0.05, 0.1) is 13.1 Å². The van der Waals surface area contributed by atoms with Gasteiger partial charge in [-0.05, 0) is 49.4 Å². The highest BCUT2D eigenvalue weighted by Gasteiger charge is 2.44. The number of rotatable bonds is 6. The lowest BCUT2D eigenvalue weighted by molar-refractivity contribution is -0.896. The first kappa shape index (κ1) is 20.5.